The van der Waals surface area contributed by atoms with Crippen LogP contribution in [-0.4, -0.2) is 59.9 Å². The zero-order chi connectivity index (χ0) is 29.5. The van der Waals surface area contributed by atoms with Crippen molar-refractivity contribution in [3.63, 3.8) is 0 Å². The highest BCUT2D eigenvalue weighted by atomic mass is 35.5. The third kappa shape index (κ3) is 5.57. The van der Waals surface area contributed by atoms with Gasteiger partial charge >= 0.3 is 5.97 Å². The van der Waals surface area contributed by atoms with Crippen molar-refractivity contribution in [2.75, 3.05) is 33.4 Å². The summed E-state index contributed by atoms with van der Waals surface area (Å²) in [5.74, 6) is 1.90. The summed E-state index contributed by atoms with van der Waals surface area (Å²) in [5, 5.41) is 0.351. The highest BCUT2D eigenvalue weighted by Crippen LogP contribution is 2.45. The van der Waals surface area contributed by atoms with Crippen molar-refractivity contribution >= 4 is 28.6 Å². The molecule has 8 nitrogen and oxygen atoms in total. The molecular formula is C33H33ClFN3O5. The van der Waals surface area contributed by atoms with Crippen LogP contribution in [0.3, 0.4) is 0 Å². The average molecular weight is 606 g/mol. The second-order valence-corrected chi connectivity index (χ2v) is 11.9. The van der Waals surface area contributed by atoms with Crippen LogP contribution in [0.4, 0.5) is 4.39 Å². The molecular weight excluding hydrogens is 573 g/mol. The highest BCUT2D eigenvalue weighted by molar-refractivity contribution is 6.30. The van der Waals surface area contributed by atoms with E-state index in [1.807, 2.05) is 24.3 Å². The zero-order valence-electron chi connectivity index (χ0n) is 23.9. The van der Waals surface area contributed by atoms with E-state index in [1.54, 1.807) is 18.2 Å². The number of aromatic nitrogens is 2. The van der Waals surface area contributed by atoms with Crippen molar-refractivity contribution in [2.45, 2.75) is 50.5 Å². The molecule has 4 aromatic rings. The van der Waals surface area contributed by atoms with Crippen molar-refractivity contribution in [1.82, 2.24) is 14.5 Å². The minimum Gasteiger partial charge on any atom is -0.485 e. The van der Waals surface area contributed by atoms with E-state index in [4.69, 9.17) is 35.5 Å². The smallest absolute Gasteiger partial charge is 0.337 e. The van der Waals surface area contributed by atoms with Gasteiger partial charge in [0.25, 0.3) is 0 Å². The Morgan fingerprint density at radius 3 is 2.67 bits per heavy atom. The Hall–Kier alpha value is -3.66. The van der Waals surface area contributed by atoms with Crippen LogP contribution in [0, 0.1) is 5.82 Å². The normalized spacial score (nSPS) is 20.6. The number of ether oxygens (including phenoxy) is 4. The second kappa shape index (κ2) is 11.8. The summed E-state index contributed by atoms with van der Waals surface area (Å²) < 4.78 is 40.0. The number of hydrogen-bond donors (Lipinski definition) is 0. The molecule has 0 aliphatic carbocycles. The molecule has 224 valence electrons. The number of carbonyl (C=O) groups is 1. The molecule has 0 saturated carbocycles. The lowest BCUT2D eigenvalue weighted by atomic mass is 9.88. The minimum absolute atomic E-state index is 0.153. The van der Waals surface area contributed by atoms with E-state index in [0.29, 0.717) is 40.7 Å². The van der Waals surface area contributed by atoms with Crippen LogP contribution in [0.15, 0.2) is 54.6 Å². The fraction of sp³-hybridized carbons (Fsp3) is 0.394. The Bertz CT molecular complexity index is 1660. The first-order valence-corrected chi connectivity index (χ1v) is 15.1. The first-order chi connectivity index (χ1) is 21.0. The molecule has 2 saturated heterocycles. The number of hydrogen-bond acceptors (Lipinski definition) is 7. The maximum atomic E-state index is 14.7. The van der Waals surface area contributed by atoms with Gasteiger partial charge in [-0.15, -0.1) is 0 Å². The summed E-state index contributed by atoms with van der Waals surface area (Å²) in [6.45, 7) is 4.20. The molecule has 1 unspecified atom stereocenters. The summed E-state index contributed by atoms with van der Waals surface area (Å²) in [7, 11) is 1.39. The summed E-state index contributed by atoms with van der Waals surface area (Å²) in [6, 6.07) is 16.2. The molecule has 0 bridgehead atoms. The quantitative estimate of drug-likeness (QED) is 0.229. The molecule has 3 aliphatic rings. The van der Waals surface area contributed by atoms with E-state index in [1.165, 1.54) is 13.2 Å². The maximum absolute atomic E-state index is 14.7. The van der Waals surface area contributed by atoms with Gasteiger partial charge in [-0.25, -0.2) is 14.2 Å². The standard InChI is InChI=1S/C33H33ClFN3O5/c1-40-33(39)21-5-8-27-28(15-21)38(17-23-11-14-41-23)31(36-27)18-37-12-9-20(10-13-37)24-3-2-4-29-32(24)43-30(19-42-29)25-7-6-22(34)16-26(25)35/h2-8,15-16,20,23,30H,9-14,17-19H2,1H3/t23?,30-/m0/s1. The lowest BCUT2D eigenvalue weighted by molar-refractivity contribution is -0.0592. The van der Waals surface area contributed by atoms with Gasteiger partial charge in [0.1, 0.15) is 18.2 Å². The SMILES string of the molecule is COC(=O)c1ccc2nc(CN3CCC(c4cccc5c4O[C@H](c4ccc(Cl)cc4F)CO5)CC3)n(CC3CCO3)c2c1. The predicted molar refractivity (Wildman–Crippen MR) is 159 cm³/mol. The molecule has 7 rings (SSSR count). The highest BCUT2D eigenvalue weighted by Gasteiger charge is 2.31. The topological polar surface area (TPSA) is 75.0 Å². The number of para-hydroxylation sites is 1. The Morgan fingerprint density at radius 1 is 1.09 bits per heavy atom. The number of imidazole rings is 1. The van der Waals surface area contributed by atoms with E-state index in [0.717, 1.165) is 61.4 Å². The number of carbonyl (C=O) groups excluding carboxylic acids is 1. The third-order valence-electron chi connectivity index (χ3n) is 8.79. The fourth-order valence-corrected chi connectivity index (χ4v) is 6.49. The van der Waals surface area contributed by atoms with Gasteiger partial charge in [-0.1, -0.05) is 29.8 Å². The Morgan fingerprint density at radius 2 is 1.93 bits per heavy atom. The van der Waals surface area contributed by atoms with Crippen LogP contribution >= 0.6 is 11.6 Å². The summed E-state index contributed by atoms with van der Waals surface area (Å²) in [6.07, 6.45) is 2.51. The Kier molecular flexibility index (Phi) is 7.71. The molecule has 1 aromatic heterocycles. The number of rotatable bonds is 7. The van der Waals surface area contributed by atoms with Crippen LogP contribution in [-0.2, 0) is 22.6 Å². The van der Waals surface area contributed by atoms with Crippen LogP contribution in [0.2, 0.25) is 5.02 Å². The van der Waals surface area contributed by atoms with Gasteiger partial charge < -0.3 is 23.5 Å². The number of piperidine rings is 1. The number of fused-ring (bicyclic) bond motifs is 2. The van der Waals surface area contributed by atoms with E-state index in [-0.39, 0.29) is 24.6 Å². The van der Waals surface area contributed by atoms with Gasteiger partial charge in [-0.2, -0.15) is 0 Å². The average Bonchev–Trinajstić information content (AvgIpc) is 3.34. The largest absolute Gasteiger partial charge is 0.485 e. The van der Waals surface area contributed by atoms with E-state index >= 15 is 0 Å². The number of benzene rings is 3. The predicted octanol–water partition coefficient (Wildman–Crippen LogP) is 6.30. The Balaban J connectivity index is 1.07. The fourth-order valence-electron chi connectivity index (χ4n) is 6.33. The third-order valence-corrected chi connectivity index (χ3v) is 9.02. The number of nitrogens with zero attached hydrogens (tertiary/aromatic N) is 3. The molecule has 3 aromatic carbocycles. The van der Waals surface area contributed by atoms with Crippen LogP contribution in [0.1, 0.15) is 58.6 Å². The van der Waals surface area contributed by atoms with Crippen LogP contribution in [0.25, 0.3) is 11.0 Å². The second-order valence-electron chi connectivity index (χ2n) is 11.4. The molecule has 2 fully saturated rings. The number of halogens is 2. The molecule has 0 spiro atoms. The van der Waals surface area contributed by atoms with Crippen molar-refractivity contribution in [1.29, 1.82) is 0 Å². The number of esters is 1. The first kappa shape index (κ1) is 28.1. The lowest BCUT2D eigenvalue weighted by Gasteiger charge is -2.35. The van der Waals surface area contributed by atoms with Gasteiger partial charge in [-0.05, 0) is 74.7 Å². The molecule has 0 radical (unpaired) electrons. The number of methoxy groups -OCH3 is 1. The molecule has 10 heteroatoms. The van der Waals surface area contributed by atoms with E-state index in [9.17, 15) is 9.18 Å². The van der Waals surface area contributed by atoms with Crippen molar-refractivity contribution in [3.8, 4) is 11.5 Å². The molecule has 2 atom stereocenters. The van der Waals surface area contributed by atoms with E-state index < -0.39 is 11.9 Å². The monoisotopic (exact) mass is 605 g/mol. The van der Waals surface area contributed by atoms with Gasteiger partial charge in [-0.3, -0.25) is 4.90 Å². The van der Waals surface area contributed by atoms with Gasteiger partial charge in [0, 0.05) is 22.8 Å². The summed E-state index contributed by atoms with van der Waals surface area (Å²) in [4.78, 5) is 19.6. The number of likely N-dealkylation sites (tertiary alicyclic amines) is 1. The van der Waals surface area contributed by atoms with Crippen molar-refractivity contribution in [3.05, 3.63) is 88.0 Å². The van der Waals surface area contributed by atoms with E-state index in [2.05, 4.69) is 15.5 Å². The molecule has 0 N–H and O–H groups in total. The summed E-state index contributed by atoms with van der Waals surface area (Å²) in [5.41, 5.74) is 3.82. The molecule has 4 heterocycles. The van der Waals surface area contributed by atoms with Crippen LogP contribution < -0.4 is 9.47 Å². The zero-order valence-corrected chi connectivity index (χ0v) is 24.7. The molecule has 43 heavy (non-hydrogen) atoms. The van der Waals surface area contributed by atoms with Crippen molar-refractivity contribution in [2.24, 2.45) is 0 Å². The molecule has 3 aliphatic heterocycles. The van der Waals surface area contributed by atoms with Crippen molar-refractivity contribution < 1.29 is 28.1 Å². The minimum atomic E-state index is -0.543. The van der Waals surface area contributed by atoms with Crippen LogP contribution in [0.5, 0.6) is 11.5 Å². The Labute approximate surface area is 254 Å². The van der Waals surface area contributed by atoms with Gasteiger partial charge in [0.15, 0.2) is 17.6 Å². The molecule has 0 amide bonds. The first-order valence-electron chi connectivity index (χ1n) is 14.8. The van der Waals surface area contributed by atoms with Gasteiger partial charge in [0.05, 0.1) is 42.9 Å². The summed E-state index contributed by atoms with van der Waals surface area (Å²) >= 11 is 5.97. The van der Waals surface area contributed by atoms with Gasteiger partial charge in [0.2, 0.25) is 0 Å². The maximum Gasteiger partial charge on any atom is 0.337 e. The lowest BCUT2D eigenvalue weighted by Crippen LogP contribution is -2.35.